The molecule has 0 aliphatic carbocycles. The number of esters is 1. The molecule has 1 amide bonds. The van der Waals surface area contributed by atoms with Crippen molar-refractivity contribution in [2.24, 2.45) is 0 Å². The van der Waals surface area contributed by atoms with Crippen LogP contribution in [0, 0.1) is 6.92 Å². The van der Waals surface area contributed by atoms with Gasteiger partial charge >= 0.3 is 12.1 Å². The maximum Gasteiger partial charge on any atom is 0.435 e. The van der Waals surface area contributed by atoms with Gasteiger partial charge in [-0.1, -0.05) is 12.1 Å². The molecule has 3 heterocycles. The topological polar surface area (TPSA) is 103 Å². The van der Waals surface area contributed by atoms with Gasteiger partial charge in [-0.05, 0) is 38.1 Å². The van der Waals surface area contributed by atoms with E-state index in [9.17, 15) is 22.8 Å². The first-order valence-electron chi connectivity index (χ1n) is 10.7. The van der Waals surface area contributed by atoms with Gasteiger partial charge in [-0.2, -0.15) is 23.4 Å². The van der Waals surface area contributed by atoms with Gasteiger partial charge in [0.1, 0.15) is 5.56 Å². The largest absolute Gasteiger partial charge is 0.462 e. The lowest BCUT2D eigenvalue weighted by molar-refractivity contribution is -0.141. The van der Waals surface area contributed by atoms with Gasteiger partial charge in [0.05, 0.1) is 18.5 Å². The van der Waals surface area contributed by atoms with Crippen molar-refractivity contribution in [2.45, 2.75) is 33.0 Å². The molecule has 4 rings (SSSR count). The van der Waals surface area contributed by atoms with E-state index in [4.69, 9.17) is 4.74 Å². The number of aryl methyl sites for hydroxylation is 2. The lowest BCUT2D eigenvalue weighted by Gasteiger charge is -2.10. The number of aromatic nitrogens is 5. The van der Waals surface area contributed by atoms with Crippen LogP contribution in [-0.4, -0.2) is 42.9 Å². The molecule has 0 bridgehead atoms. The number of hydrogen-bond donors (Lipinski definition) is 1. The molecule has 0 saturated heterocycles. The zero-order chi connectivity index (χ0) is 25.2. The quantitative estimate of drug-likeness (QED) is 0.394. The minimum Gasteiger partial charge on any atom is -0.462 e. The third kappa shape index (κ3) is 5.15. The maximum absolute atomic E-state index is 12.8. The van der Waals surface area contributed by atoms with Crippen molar-refractivity contribution in [1.29, 1.82) is 0 Å². The molecule has 1 aromatic carbocycles. The Morgan fingerprint density at radius 3 is 2.69 bits per heavy atom. The van der Waals surface area contributed by atoms with Crippen LogP contribution in [0.5, 0.6) is 0 Å². The van der Waals surface area contributed by atoms with Crippen molar-refractivity contribution in [3.63, 3.8) is 0 Å². The molecule has 1 N–H and O–H groups in total. The Morgan fingerprint density at radius 1 is 1.17 bits per heavy atom. The van der Waals surface area contributed by atoms with Crippen LogP contribution >= 0.6 is 0 Å². The number of carbonyl (C=O) groups is 2. The minimum atomic E-state index is -4.54. The second-order valence-corrected chi connectivity index (χ2v) is 7.62. The second kappa shape index (κ2) is 9.57. The average molecular weight is 486 g/mol. The van der Waals surface area contributed by atoms with E-state index < -0.39 is 17.8 Å². The summed E-state index contributed by atoms with van der Waals surface area (Å²) in [6.45, 7) is 3.43. The molecule has 0 fully saturated rings. The highest BCUT2D eigenvalue weighted by molar-refractivity contribution is 5.96. The number of benzene rings is 1. The Kier molecular flexibility index (Phi) is 6.54. The van der Waals surface area contributed by atoms with Gasteiger partial charge in [-0.15, -0.1) is 0 Å². The predicted octanol–water partition coefficient (Wildman–Crippen LogP) is 4.13. The molecule has 12 heteroatoms. The average Bonchev–Trinajstić information content (AvgIpc) is 3.41. The van der Waals surface area contributed by atoms with E-state index in [1.807, 2.05) is 6.07 Å². The lowest BCUT2D eigenvalue weighted by atomic mass is 10.1. The summed E-state index contributed by atoms with van der Waals surface area (Å²) < 4.78 is 46.2. The minimum absolute atomic E-state index is 0.00232. The predicted molar refractivity (Wildman–Crippen MR) is 120 cm³/mol. The van der Waals surface area contributed by atoms with Gasteiger partial charge in [-0.25, -0.2) is 14.3 Å². The van der Waals surface area contributed by atoms with Crippen LogP contribution in [0.15, 0.2) is 48.8 Å². The summed E-state index contributed by atoms with van der Waals surface area (Å²) in [4.78, 5) is 28.8. The van der Waals surface area contributed by atoms with Crippen LogP contribution in [0.1, 0.15) is 35.1 Å². The normalized spacial score (nSPS) is 11.6. The zero-order valence-electron chi connectivity index (χ0n) is 18.8. The summed E-state index contributed by atoms with van der Waals surface area (Å²) in [6.07, 6.45) is -1.67. The number of ether oxygens (including phenoxy) is 1. The highest BCUT2D eigenvalue weighted by atomic mass is 19.4. The smallest absolute Gasteiger partial charge is 0.435 e. The number of rotatable bonds is 7. The van der Waals surface area contributed by atoms with Gasteiger partial charge in [-0.3, -0.25) is 9.48 Å². The monoisotopic (exact) mass is 486 g/mol. The fourth-order valence-electron chi connectivity index (χ4n) is 3.53. The van der Waals surface area contributed by atoms with E-state index in [1.54, 1.807) is 37.4 Å². The highest BCUT2D eigenvalue weighted by Gasteiger charge is 2.34. The number of anilines is 1. The number of carbonyl (C=O) groups excluding carboxylic acids is 2. The van der Waals surface area contributed by atoms with Crippen molar-refractivity contribution < 1.29 is 27.5 Å². The number of amides is 1. The Balaban J connectivity index is 1.49. The van der Waals surface area contributed by atoms with Crippen LogP contribution < -0.4 is 5.32 Å². The molecule has 0 spiro atoms. The number of nitrogens with one attached hydrogen (secondary N) is 1. The zero-order valence-corrected chi connectivity index (χ0v) is 18.8. The van der Waals surface area contributed by atoms with E-state index in [1.165, 1.54) is 17.6 Å². The summed E-state index contributed by atoms with van der Waals surface area (Å²) in [5.74, 6) is -0.905. The molecule has 9 nitrogen and oxygen atoms in total. The maximum atomic E-state index is 12.8. The Morgan fingerprint density at radius 2 is 1.97 bits per heavy atom. The number of nitrogens with zero attached hydrogens (tertiary/aromatic N) is 5. The van der Waals surface area contributed by atoms with Gasteiger partial charge < -0.3 is 10.1 Å². The Bertz CT molecular complexity index is 1390. The van der Waals surface area contributed by atoms with Gasteiger partial charge in [0.15, 0.2) is 11.3 Å². The number of alkyl halides is 3. The fraction of sp³-hybridized carbons (Fsp3) is 0.261. The molecule has 4 aromatic rings. The van der Waals surface area contributed by atoms with Crippen molar-refractivity contribution in [2.75, 3.05) is 11.9 Å². The molecule has 35 heavy (non-hydrogen) atoms. The number of halogens is 3. The molecule has 0 atom stereocenters. The summed E-state index contributed by atoms with van der Waals surface area (Å²) in [7, 11) is 0. The lowest BCUT2D eigenvalue weighted by Crippen LogP contribution is -2.16. The standard InChI is InChI=1S/C23H21F3N6O3/c1-3-35-22(34)17-13-28-32-18(7-9-27-21(17)32)15-5-4-6-16(12-15)29-20(33)8-10-31-14(2)11-19(30-31)23(24,25)26/h4-7,9,11-13H,3,8,10H2,1-2H3,(H,29,33). The molecular formula is C23H21F3N6O3. The van der Waals surface area contributed by atoms with E-state index in [0.717, 1.165) is 10.7 Å². The SMILES string of the molecule is CCOC(=O)c1cnn2c(-c3cccc(NC(=O)CCn4nc(C(F)(F)F)cc4C)c3)ccnc12. The van der Waals surface area contributed by atoms with Crippen LogP contribution in [0.3, 0.4) is 0 Å². The highest BCUT2D eigenvalue weighted by Crippen LogP contribution is 2.28. The fourth-order valence-corrected chi connectivity index (χ4v) is 3.53. The molecule has 0 aliphatic heterocycles. The Hall–Kier alpha value is -4.22. The Labute approximate surface area is 197 Å². The molecule has 0 radical (unpaired) electrons. The van der Waals surface area contributed by atoms with Crippen LogP contribution in [-0.2, 0) is 22.3 Å². The first-order valence-corrected chi connectivity index (χ1v) is 10.7. The van der Waals surface area contributed by atoms with Crippen molar-refractivity contribution in [3.8, 4) is 11.3 Å². The second-order valence-electron chi connectivity index (χ2n) is 7.62. The molecule has 3 aromatic heterocycles. The first-order chi connectivity index (χ1) is 16.7. The van der Waals surface area contributed by atoms with E-state index in [2.05, 4.69) is 20.5 Å². The van der Waals surface area contributed by atoms with Crippen molar-refractivity contribution >= 4 is 23.2 Å². The molecule has 0 unspecified atom stereocenters. The third-order valence-electron chi connectivity index (χ3n) is 5.16. The van der Waals surface area contributed by atoms with E-state index >= 15 is 0 Å². The van der Waals surface area contributed by atoms with Crippen LogP contribution in [0.4, 0.5) is 18.9 Å². The third-order valence-corrected chi connectivity index (χ3v) is 5.16. The number of fused-ring (bicyclic) bond motifs is 1. The van der Waals surface area contributed by atoms with E-state index in [-0.39, 0.29) is 31.0 Å². The molecule has 182 valence electrons. The summed E-state index contributed by atoms with van der Waals surface area (Å²) >= 11 is 0. The van der Waals surface area contributed by atoms with Crippen LogP contribution in [0.2, 0.25) is 0 Å². The van der Waals surface area contributed by atoms with Gasteiger partial charge in [0.25, 0.3) is 0 Å². The summed E-state index contributed by atoms with van der Waals surface area (Å²) in [5, 5.41) is 10.5. The van der Waals surface area contributed by atoms with Gasteiger partial charge in [0.2, 0.25) is 5.91 Å². The number of hydrogen-bond acceptors (Lipinski definition) is 6. The summed E-state index contributed by atoms with van der Waals surface area (Å²) in [6, 6.07) is 9.61. The molecular weight excluding hydrogens is 465 g/mol. The molecule has 0 saturated carbocycles. The van der Waals surface area contributed by atoms with Crippen LogP contribution in [0.25, 0.3) is 16.9 Å². The van der Waals surface area contributed by atoms with Crippen molar-refractivity contribution in [1.82, 2.24) is 24.4 Å². The summed E-state index contributed by atoms with van der Waals surface area (Å²) in [5.41, 5.74) is 1.72. The van der Waals surface area contributed by atoms with Crippen molar-refractivity contribution in [3.05, 3.63) is 65.7 Å². The van der Waals surface area contributed by atoms with E-state index in [0.29, 0.717) is 28.3 Å². The molecule has 0 aliphatic rings. The van der Waals surface area contributed by atoms with Gasteiger partial charge in [0, 0.05) is 36.1 Å². The first kappa shape index (κ1) is 23.9.